The van der Waals surface area contributed by atoms with Crippen molar-refractivity contribution in [1.29, 1.82) is 0 Å². The zero-order valence-electron chi connectivity index (χ0n) is 16.4. The molecule has 0 heterocycles. The van der Waals surface area contributed by atoms with E-state index in [0.29, 0.717) is 18.5 Å². The van der Waals surface area contributed by atoms with Crippen LogP contribution in [0.15, 0.2) is 66.7 Å². The summed E-state index contributed by atoms with van der Waals surface area (Å²) in [5.74, 6) is -3.47. The van der Waals surface area contributed by atoms with Gasteiger partial charge in [0.25, 0.3) is 5.78 Å². The van der Waals surface area contributed by atoms with E-state index in [9.17, 15) is 27.2 Å². The van der Waals surface area contributed by atoms with Crippen LogP contribution in [0.3, 0.4) is 0 Å². The molecule has 0 saturated heterocycles. The number of nitrogens with one attached hydrogen (secondary N) is 1. The van der Waals surface area contributed by atoms with Crippen LogP contribution in [0.5, 0.6) is 5.75 Å². The predicted octanol–water partition coefficient (Wildman–Crippen LogP) is 5.52. The molecule has 0 atom stereocenters. The van der Waals surface area contributed by atoms with Gasteiger partial charge < -0.3 is 15.2 Å². The summed E-state index contributed by atoms with van der Waals surface area (Å²) in [4.78, 5) is 23.2. The van der Waals surface area contributed by atoms with Crippen LogP contribution in [-0.2, 0) is 17.6 Å². The van der Waals surface area contributed by atoms with Gasteiger partial charge in [-0.3, -0.25) is 4.79 Å². The van der Waals surface area contributed by atoms with Crippen molar-refractivity contribution in [3.8, 4) is 5.75 Å². The van der Waals surface area contributed by atoms with Gasteiger partial charge in [-0.1, -0.05) is 18.2 Å². The smallest absolute Gasteiger partial charge is 0.475 e. The number of ether oxygens (including phenoxy) is 1. The number of anilines is 2. The lowest BCUT2D eigenvalue weighted by Crippen LogP contribution is -2.17. The Balaban J connectivity index is 1.77. The third-order valence-corrected chi connectivity index (χ3v) is 4.51. The lowest BCUT2D eigenvalue weighted by Gasteiger charge is -2.13. The van der Waals surface area contributed by atoms with Gasteiger partial charge in [0, 0.05) is 5.69 Å². The zero-order valence-corrected chi connectivity index (χ0v) is 16.4. The summed E-state index contributed by atoms with van der Waals surface area (Å²) in [7, 11) is 0. The fourth-order valence-corrected chi connectivity index (χ4v) is 3.00. The molecule has 0 spiro atoms. The van der Waals surface area contributed by atoms with Gasteiger partial charge in [-0.05, 0) is 72.5 Å². The van der Waals surface area contributed by atoms with Crippen LogP contribution in [0.2, 0.25) is 0 Å². The highest BCUT2D eigenvalue weighted by Gasteiger charge is 2.30. The van der Waals surface area contributed by atoms with E-state index in [1.807, 2.05) is 0 Å². The minimum absolute atomic E-state index is 0.0563. The number of ketones is 1. The standard InChI is InChI=1S/C23H17F4NO4/c24-16-6-8-17(9-7-16)28-20-13-15(5-12-19(20)21(29)22(30)31)2-1-14-3-10-18(11-4-14)32-23(25,26)27/h3-13,28H,1-2H2,(H,30,31). The van der Waals surface area contributed by atoms with Crippen molar-refractivity contribution < 1.29 is 37.0 Å². The molecule has 0 bridgehead atoms. The first-order valence-electron chi connectivity index (χ1n) is 9.38. The maximum absolute atomic E-state index is 13.1. The van der Waals surface area contributed by atoms with Gasteiger partial charge >= 0.3 is 12.3 Å². The summed E-state index contributed by atoms with van der Waals surface area (Å²) < 4.78 is 53.8. The highest BCUT2D eigenvalue weighted by atomic mass is 19.4. The Hall–Kier alpha value is -3.88. The molecule has 0 aliphatic heterocycles. The molecule has 0 aliphatic carbocycles. The maximum Gasteiger partial charge on any atom is 0.573 e. The van der Waals surface area contributed by atoms with Gasteiger partial charge in [0.1, 0.15) is 11.6 Å². The molecule has 0 saturated carbocycles. The number of benzene rings is 3. The third kappa shape index (κ3) is 6.31. The molecule has 166 valence electrons. The van der Waals surface area contributed by atoms with Gasteiger partial charge in [-0.25, -0.2) is 9.18 Å². The molecule has 3 rings (SSSR count). The van der Waals surface area contributed by atoms with Crippen LogP contribution >= 0.6 is 0 Å². The van der Waals surface area contributed by atoms with Crippen LogP contribution in [0.25, 0.3) is 0 Å². The average Bonchev–Trinajstić information content (AvgIpc) is 2.73. The number of halogens is 4. The number of carbonyl (C=O) groups is 2. The Morgan fingerprint density at radius 2 is 1.47 bits per heavy atom. The fraction of sp³-hybridized carbons (Fsp3) is 0.130. The minimum Gasteiger partial charge on any atom is -0.475 e. The molecule has 3 aromatic rings. The normalized spacial score (nSPS) is 11.1. The molecule has 0 aliphatic rings. The van der Waals surface area contributed by atoms with Crippen LogP contribution < -0.4 is 10.1 Å². The van der Waals surface area contributed by atoms with Crippen molar-refractivity contribution in [2.24, 2.45) is 0 Å². The number of aliphatic carboxylic acids is 1. The first-order valence-corrected chi connectivity index (χ1v) is 9.38. The Bertz CT molecular complexity index is 1110. The van der Waals surface area contributed by atoms with Gasteiger partial charge in [-0.2, -0.15) is 0 Å². The Morgan fingerprint density at radius 3 is 2.06 bits per heavy atom. The average molecular weight is 447 g/mol. The summed E-state index contributed by atoms with van der Waals surface area (Å²) >= 11 is 0. The number of aryl methyl sites for hydroxylation is 2. The second-order valence-electron chi connectivity index (χ2n) is 6.84. The monoisotopic (exact) mass is 447 g/mol. The number of alkyl halides is 3. The Labute approximate surface area is 180 Å². The first-order chi connectivity index (χ1) is 15.1. The van der Waals surface area contributed by atoms with Crippen molar-refractivity contribution >= 4 is 23.1 Å². The lowest BCUT2D eigenvalue weighted by atomic mass is 10.00. The summed E-state index contributed by atoms with van der Waals surface area (Å²) in [5, 5.41) is 12.0. The van der Waals surface area contributed by atoms with Gasteiger partial charge in [0.15, 0.2) is 0 Å². The maximum atomic E-state index is 13.1. The van der Waals surface area contributed by atoms with E-state index in [0.717, 1.165) is 11.1 Å². The second kappa shape index (κ2) is 9.51. The molecule has 0 fully saturated rings. The SMILES string of the molecule is O=C(O)C(=O)c1ccc(CCc2ccc(OC(F)(F)F)cc2)cc1Nc1ccc(F)cc1. The molecule has 2 N–H and O–H groups in total. The number of hydrogen-bond donors (Lipinski definition) is 2. The van der Waals surface area contributed by atoms with Crippen molar-refractivity contribution in [2.45, 2.75) is 19.2 Å². The van der Waals surface area contributed by atoms with E-state index in [2.05, 4.69) is 10.1 Å². The second-order valence-corrected chi connectivity index (χ2v) is 6.84. The van der Waals surface area contributed by atoms with Crippen molar-refractivity contribution in [3.63, 3.8) is 0 Å². The number of Topliss-reactive ketones (excluding diaryl/α,β-unsaturated/α-hetero) is 1. The summed E-state index contributed by atoms with van der Waals surface area (Å²) in [6, 6.07) is 15.4. The van der Waals surface area contributed by atoms with E-state index in [-0.39, 0.29) is 17.0 Å². The number of hydrogen-bond acceptors (Lipinski definition) is 4. The molecule has 32 heavy (non-hydrogen) atoms. The van der Waals surface area contributed by atoms with Crippen molar-refractivity contribution in [2.75, 3.05) is 5.32 Å². The highest BCUT2D eigenvalue weighted by molar-refractivity contribution is 6.41. The lowest BCUT2D eigenvalue weighted by molar-refractivity contribution is -0.274. The summed E-state index contributed by atoms with van der Waals surface area (Å²) in [6.07, 6.45) is -3.81. The van der Waals surface area contributed by atoms with Crippen LogP contribution in [0.4, 0.5) is 28.9 Å². The highest BCUT2D eigenvalue weighted by Crippen LogP contribution is 2.26. The Morgan fingerprint density at radius 1 is 0.875 bits per heavy atom. The number of carbonyl (C=O) groups excluding carboxylic acids is 1. The number of carboxylic acid groups (broad SMARTS) is 1. The number of rotatable bonds is 8. The van der Waals surface area contributed by atoms with Crippen molar-refractivity contribution in [3.05, 3.63) is 89.2 Å². The van der Waals surface area contributed by atoms with Gasteiger partial charge in [0.2, 0.25) is 0 Å². The molecule has 3 aromatic carbocycles. The largest absolute Gasteiger partial charge is 0.573 e. The fourth-order valence-electron chi connectivity index (χ4n) is 3.00. The molecule has 9 heteroatoms. The first kappa shape index (κ1) is 22.8. The molecule has 0 amide bonds. The molecular weight excluding hydrogens is 430 g/mol. The molecule has 0 unspecified atom stereocenters. The summed E-state index contributed by atoms with van der Waals surface area (Å²) in [5.41, 5.74) is 2.17. The van der Waals surface area contributed by atoms with E-state index >= 15 is 0 Å². The van der Waals surface area contributed by atoms with E-state index in [1.165, 1.54) is 54.6 Å². The third-order valence-electron chi connectivity index (χ3n) is 4.51. The van der Waals surface area contributed by atoms with Crippen molar-refractivity contribution in [1.82, 2.24) is 0 Å². The Kier molecular flexibility index (Phi) is 6.77. The summed E-state index contributed by atoms with van der Waals surface area (Å²) in [6.45, 7) is 0. The van der Waals surface area contributed by atoms with E-state index in [4.69, 9.17) is 5.11 Å². The molecule has 0 aromatic heterocycles. The minimum atomic E-state index is -4.76. The van der Waals surface area contributed by atoms with E-state index in [1.54, 1.807) is 12.1 Å². The molecule has 0 radical (unpaired) electrons. The topological polar surface area (TPSA) is 75.6 Å². The quantitative estimate of drug-likeness (QED) is 0.270. The van der Waals surface area contributed by atoms with Crippen LogP contribution in [0, 0.1) is 5.82 Å². The van der Waals surface area contributed by atoms with E-state index < -0.39 is 23.9 Å². The predicted molar refractivity (Wildman–Crippen MR) is 109 cm³/mol. The van der Waals surface area contributed by atoms with Crippen LogP contribution in [-0.4, -0.2) is 23.2 Å². The van der Waals surface area contributed by atoms with Crippen LogP contribution in [0.1, 0.15) is 21.5 Å². The molecular formula is C23H17F4NO4. The zero-order chi connectivity index (χ0) is 23.3. The van der Waals surface area contributed by atoms with Gasteiger partial charge in [-0.15, -0.1) is 13.2 Å². The number of carboxylic acids is 1. The van der Waals surface area contributed by atoms with Gasteiger partial charge in [0.05, 0.1) is 11.3 Å². The molecule has 5 nitrogen and oxygen atoms in total.